The number of likely N-dealkylation sites (tertiary alicyclic amines) is 1. The van der Waals surface area contributed by atoms with Crippen molar-refractivity contribution in [2.24, 2.45) is 11.3 Å². The van der Waals surface area contributed by atoms with Gasteiger partial charge in [-0.2, -0.15) is 0 Å². The number of carbonyl (C=O) groups is 2. The van der Waals surface area contributed by atoms with Crippen molar-refractivity contribution in [3.05, 3.63) is 34.9 Å². The Morgan fingerprint density at radius 3 is 2.33 bits per heavy atom. The number of aliphatic hydroxyl groups is 1. The van der Waals surface area contributed by atoms with Crippen molar-refractivity contribution in [3.63, 3.8) is 0 Å². The summed E-state index contributed by atoms with van der Waals surface area (Å²) in [6.45, 7) is 0.517. The minimum Gasteiger partial charge on any atom is -0.481 e. The fourth-order valence-corrected chi connectivity index (χ4v) is 4.94. The lowest BCUT2D eigenvalue weighted by molar-refractivity contribution is -0.169. The van der Waals surface area contributed by atoms with Gasteiger partial charge >= 0.3 is 5.97 Å². The van der Waals surface area contributed by atoms with Crippen molar-refractivity contribution >= 4 is 23.5 Å². The molecule has 1 saturated heterocycles. The molecule has 1 heterocycles. The Bertz CT molecular complexity index is 741. The number of hydrogen-bond acceptors (Lipinski definition) is 3. The van der Waals surface area contributed by atoms with Crippen LogP contribution in [0.25, 0.3) is 0 Å². The molecule has 5 nitrogen and oxygen atoms in total. The van der Waals surface area contributed by atoms with Gasteiger partial charge in [-0.25, -0.2) is 0 Å². The Kier molecular flexibility index (Phi) is 4.71. The van der Waals surface area contributed by atoms with E-state index in [-0.39, 0.29) is 12.5 Å². The van der Waals surface area contributed by atoms with Crippen LogP contribution in [0, 0.1) is 11.3 Å². The third kappa shape index (κ3) is 3.15. The summed E-state index contributed by atoms with van der Waals surface area (Å²) in [5.74, 6) is -0.613. The minimum atomic E-state index is -1.24. The van der Waals surface area contributed by atoms with E-state index in [1.54, 1.807) is 17.0 Å². The molecule has 0 radical (unpaired) electrons. The van der Waals surface area contributed by atoms with Gasteiger partial charge in [-0.15, -0.1) is 0 Å². The first-order valence-corrected chi connectivity index (χ1v) is 10.2. The number of amides is 1. The smallest absolute Gasteiger partial charge is 0.314 e. The summed E-state index contributed by atoms with van der Waals surface area (Å²) >= 11 is 6.01. The van der Waals surface area contributed by atoms with Crippen molar-refractivity contribution in [1.29, 1.82) is 0 Å². The highest BCUT2D eigenvalue weighted by Gasteiger charge is 2.55. The largest absolute Gasteiger partial charge is 0.481 e. The molecule has 0 spiro atoms. The maximum Gasteiger partial charge on any atom is 0.314 e. The van der Waals surface area contributed by atoms with E-state index in [9.17, 15) is 19.8 Å². The molecule has 4 rings (SSSR count). The molecule has 2 aliphatic carbocycles. The van der Waals surface area contributed by atoms with E-state index in [0.29, 0.717) is 30.3 Å². The SMILES string of the molecule is O=C(N1CCC(O)[C@@](CC2CC2)(C(=O)O)C1)C1(c2ccc(Cl)cc2)CCC1. The van der Waals surface area contributed by atoms with Gasteiger partial charge in [0.15, 0.2) is 0 Å². The molecule has 6 heteroatoms. The molecule has 2 atom stereocenters. The molecule has 0 aromatic heterocycles. The lowest BCUT2D eigenvalue weighted by atomic mass is 9.63. The van der Waals surface area contributed by atoms with Crippen molar-refractivity contribution in [3.8, 4) is 0 Å². The average Bonchev–Trinajstić information content (AvgIpc) is 3.41. The minimum absolute atomic E-state index is 0.00407. The Hall–Kier alpha value is -1.59. The fourth-order valence-electron chi connectivity index (χ4n) is 4.82. The predicted molar refractivity (Wildman–Crippen MR) is 102 cm³/mol. The van der Waals surface area contributed by atoms with Crippen LogP contribution in [0.2, 0.25) is 5.02 Å². The Balaban J connectivity index is 1.60. The Labute approximate surface area is 164 Å². The lowest BCUT2D eigenvalue weighted by Crippen LogP contribution is -2.61. The molecular weight excluding hydrogens is 366 g/mol. The van der Waals surface area contributed by atoms with Crippen LogP contribution in [0.15, 0.2) is 24.3 Å². The monoisotopic (exact) mass is 391 g/mol. The summed E-state index contributed by atoms with van der Waals surface area (Å²) in [6, 6.07) is 7.43. The number of nitrogens with zero attached hydrogens (tertiary/aromatic N) is 1. The summed E-state index contributed by atoms with van der Waals surface area (Å²) in [6.07, 6.45) is 4.45. The molecule has 1 unspecified atom stereocenters. The molecule has 1 aromatic rings. The van der Waals surface area contributed by atoms with E-state index in [0.717, 1.165) is 37.7 Å². The van der Waals surface area contributed by atoms with E-state index in [1.807, 2.05) is 12.1 Å². The third-order valence-electron chi connectivity index (χ3n) is 6.86. The molecule has 0 bridgehead atoms. The first kappa shape index (κ1) is 18.8. The van der Waals surface area contributed by atoms with Gasteiger partial charge in [0.2, 0.25) is 5.91 Å². The molecule has 2 saturated carbocycles. The van der Waals surface area contributed by atoms with Crippen LogP contribution >= 0.6 is 11.6 Å². The molecule has 146 valence electrons. The van der Waals surface area contributed by atoms with E-state index in [2.05, 4.69) is 0 Å². The predicted octanol–water partition coefficient (Wildman–Crippen LogP) is 3.23. The van der Waals surface area contributed by atoms with Gasteiger partial charge in [0, 0.05) is 18.1 Å². The summed E-state index contributed by atoms with van der Waals surface area (Å²) in [7, 11) is 0. The molecule has 1 aliphatic heterocycles. The van der Waals surface area contributed by atoms with Gasteiger partial charge in [0.25, 0.3) is 0 Å². The second kappa shape index (κ2) is 6.78. The number of halogens is 1. The average molecular weight is 392 g/mol. The molecule has 3 fully saturated rings. The van der Waals surface area contributed by atoms with Crippen LogP contribution in [0.4, 0.5) is 0 Å². The topological polar surface area (TPSA) is 77.8 Å². The van der Waals surface area contributed by atoms with Crippen LogP contribution in [-0.4, -0.2) is 46.2 Å². The van der Waals surface area contributed by atoms with Crippen molar-refractivity contribution in [1.82, 2.24) is 4.90 Å². The van der Waals surface area contributed by atoms with Crippen LogP contribution in [0.3, 0.4) is 0 Å². The fraction of sp³-hybridized carbons (Fsp3) is 0.619. The number of aliphatic hydroxyl groups excluding tert-OH is 1. The van der Waals surface area contributed by atoms with E-state index in [4.69, 9.17) is 11.6 Å². The number of rotatable bonds is 5. The molecule has 1 amide bonds. The van der Waals surface area contributed by atoms with Gasteiger partial charge < -0.3 is 15.1 Å². The van der Waals surface area contributed by atoms with Crippen LogP contribution in [0.5, 0.6) is 0 Å². The zero-order valence-corrected chi connectivity index (χ0v) is 16.1. The molecule has 27 heavy (non-hydrogen) atoms. The zero-order chi connectivity index (χ0) is 19.2. The lowest BCUT2D eigenvalue weighted by Gasteiger charge is -2.49. The summed E-state index contributed by atoms with van der Waals surface area (Å²) in [5.41, 5.74) is -0.853. The quantitative estimate of drug-likeness (QED) is 0.807. The molecule has 1 aromatic carbocycles. The van der Waals surface area contributed by atoms with Gasteiger partial charge in [-0.3, -0.25) is 9.59 Å². The van der Waals surface area contributed by atoms with Gasteiger partial charge in [0.1, 0.15) is 5.41 Å². The maximum atomic E-state index is 13.5. The number of benzene rings is 1. The third-order valence-corrected chi connectivity index (χ3v) is 7.11. The van der Waals surface area contributed by atoms with Gasteiger partial charge in [-0.05, 0) is 49.3 Å². The van der Waals surface area contributed by atoms with Gasteiger partial charge in [-0.1, -0.05) is 43.0 Å². The van der Waals surface area contributed by atoms with Gasteiger partial charge in [0.05, 0.1) is 11.5 Å². The first-order valence-electron chi connectivity index (χ1n) is 9.84. The molecular formula is C21H26ClNO4. The number of piperidine rings is 1. The summed E-state index contributed by atoms with van der Waals surface area (Å²) in [5, 5.41) is 21.1. The first-order chi connectivity index (χ1) is 12.9. The number of carbonyl (C=O) groups excluding carboxylic acids is 1. The highest BCUT2D eigenvalue weighted by Crippen LogP contribution is 2.49. The highest BCUT2D eigenvalue weighted by atomic mass is 35.5. The summed E-state index contributed by atoms with van der Waals surface area (Å²) < 4.78 is 0. The van der Waals surface area contributed by atoms with Crippen molar-refractivity contribution in [2.45, 2.75) is 56.5 Å². The van der Waals surface area contributed by atoms with Crippen LogP contribution in [0.1, 0.15) is 50.5 Å². The Morgan fingerprint density at radius 1 is 1.15 bits per heavy atom. The number of aliphatic carboxylic acids is 1. The highest BCUT2D eigenvalue weighted by molar-refractivity contribution is 6.30. The second-order valence-corrected chi connectivity index (χ2v) is 9.02. The number of carboxylic acid groups (broad SMARTS) is 1. The van der Waals surface area contributed by atoms with E-state index < -0.39 is 22.9 Å². The van der Waals surface area contributed by atoms with Crippen molar-refractivity contribution in [2.75, 3.05) is 13.1 Å². The zero-order valence-electron chi connectivity index (χ0n) is 15.4. The molecule has 2 N–H and O–H groups in total. The number of hydrogen-bond donors (Lipinski definition) is 2. The standard InChI is InChI=1S/C21H26ClNO4/c22-16-6-4-15(5-7-16)20(9-1-10-20)18(25)23-11-8-17(24)21(13-23,19(26)27)12-14-2-3-14/h4-7,14,17,24H,1-3,8-13H2,(H,26,27)/t17?,21-/m0/s1. The second-order valence-electron chi connectivity index (χ2n) is 8.58. The van der Waals surface area contributed by atoms with Crippen LogP contribution < -0.4 is 0 Å². The Morgan fingerprint density at radius 2 is 1.81 bits per heavy atom. The summed E-state index contributed by atoms with van der Waals surface area (Å²) in [4.78, 5) is 27.4. The van der Waals surface area contributed by atoms with Crippen molar-refractivity contribution < 1.29 is 19.8 Å². The van der Waals surface area contributed by atoms with E-state index in [1.165, 1.54) is 0 Å². The number of carboxylic acids is 1. The van der Waals surface area contributed by atoms with E-state index >= 15 is 0 Å². The normalized spacial score (nSPS) is 29.9. The maximum absolute atomic E-state index is 13.5. The van der Waals surface area contributed by atoms with Crippen LogP contribution in [-0.2, 0) is 15.0 Å². The molecule has 3 aliphatic rings.